The zero-order valence-corrected chi connectivity index (χ0v) is 9.93. The van der Waals surface area contributed by atoms with Crippen LogP contribution in [0.2, 0.25) is 0 Å². The topological polar surface area (TPSA) is 0 Å². The largest absolute Gasteiger partial charge is 0.0928 e. The molecule has 0 spiro atoms. The molecule has 0 N–H and O–H groups in total. The standard InChI is InChI=1S/C9H10BrI/c10-6-2-4-8-3-1-5-9(11)7-8/h1,3,5,7H,2,4,6H2. The van der Waals surface area contributed by atoms with Crippen LogP contribution in [-0.2, 0) is 6.42 Å². The lowest BCUT2D eigenvalue weighted by molar-refractivity contribution is 0.938. The Balaban J connectivity index is 2.56. The predicted molar refractivity (Wildman–Crippen MR) is 61.3 cm³/mol. The van der Waals surface area contributed by atoms with Crippen LogP contribution in [0.25, 0.3) is 0 Å². The van der Waals surface area contributed by atoms with E-state index in [1.807, 2.05) is 0 Å². The summed E-state index contributed by atoms with van der Waals surface area (Å²) in [6, 6.07) is 8.66. The van der Waals surface area contributed by atoms with Crippen LogP contribution in [0.15, 0.2) is 24.3 Å². The summed E-state index contributed by atoms with van der Waals surface area (Å²) in [5, 5.41) is 1.10. The third-order valence-electron chi connectivity index (χ3n) is 1.49. The molecular weight excluding hydrogens is 315 g/mol. The Morgan fingerprint density at radius 2 is 2.18 bits per heavy atom. The number of hydrogen-bond donors (Lipinski definition) is 0. The van der Waals surface area contributed by atoms with Crippen molar-refractivity contribution in [3.05, 3.63) is 33.4 Å². The van der Waals surface area contributed by atoms with Gasteiger partial charge in [-0.3, -0.25) is 0 Å². The molecule has 0 fully saturated rings. The van der Waals surface area contributed by atoms with E-state index < -0.39 is 0 Å². The molecule has 0 amide bonds. The molecule has 2 heteroatoms. The van der Waals surface area contributed by atoms with Crippen molar-refractivity contribution in [3.63, 3.8) is 0 Å². The molecule has 0 bridgehead atoms. The maximum atomic E-state index is 3.42. The fourth-order valence-corrected chi connectivity index (χ4v) is 1.85. The summed E-state index contributed by atoms with van der Waals surface area (Å²) < 4.78 is 1.33. The monoisotopic (exact) mass is 324 g/mol. The van der Waals surface area contributed by atoms with Gasteiger partial charge in [0.1, 0.15) is 0 Å². The number of rotatable bonds is 3. The SMILES string of the molecule is BrCCCc1cccc(I)c1. The van der Waals surface area contributed by atoms with Gasteiger partial charge in [-0.25, -0.2) is 0 Å². The van der Waals surface area contributed by atoms with Crippen molar-refractivity contribution in [1.29, 1.82) is 0 Å². The van der Waals surface area contributed by atoms with Crippen molar-refractivity contribution >= 4 is 38.5 Å². The molecule has 0 heterocycles. The zero-order chi connectivity index (χ0) is 8.10. The van der Waals surface area contributed by atoms with E-state index in [9.17, 15) is 0 Å². The normalized spacial score (nSPS) is 10.0. The summed E-state index contributed by atoms with van der Waals surface area (Å²) in [4.78, 5) is 0. The van der Waals surface area contributed by atoms with E-state index >= 15 is 0 Å². The van der Waals surface area contributed by atoms with E-state index in [4.69, 9.17) is 0 Å². The highest BCUT2D eigenvalue weighted by Crippen LogP contribution is 2.09. The third-order valence-corrected chi connectivity index (χ3v) is 2.72. The van der Waals surface area contributed by atoms with Gasteiger partial charge >= 0.3 is 0 Å². The number of halogens is 2. The Morgan fingerprint density at radius 3 is 2.82 bits per heavy atom. The molecule has 0 aliphatic rings. The Labute approximate surface area is 89.7 Å². The minimum atomic E-state index is 1.10. The van der Waals surface area contributed by atoms with Crippen molar-refractivity contribution < 1.29 is 0 Å². The first kappa shape index (κ1) is 9.52. The Hall–Kier alpha value is 0.430. The van der Waals surface area contributed by atoms with E-state index in [1.165, 1.54) is 22.0 Å². The van der Waals surface area contributed by atoms with E-state index in [2.05, 4.69) is 62.8 Å². The predicted octanol–water partition coefficient (Wildman–Crippen LogP) is 3.62. The van der Waals surface area contributed by atoms with Crippen molar-refractivity contribution in [2.24, 2.45) is 0 Å². The Morgan fingerprint density at radius 1 is 1.36 bits per heavy atom. The number of alkyl halides is 1. The second-order valence-corrected chi connectivity index (χ2v) is 4.46. The summed E-state index contributed by atoms with van der Waals surface area (Å²) in [6.45, 7) is 0. The first-order valence-electron chi connectivity index (χ1n) is 3.63. The molecule has 60 valence electrons. The molecule has 1 aromatic rings. The molecule has 0 unspecified atom stereocenters. The average molecular weight is 325 g/mol. The summed E-state index contributed by atoms with van der Waals surface area (Å²) in [5.41, 5.74) is 1.44. The second-order valence-electron chi connectivity index (χ2n) is 2.42. The van der Waals surface area contributed by atoms with Gasteiger partial charge in [-0.1, -0.05) is 28.1 Å². The molecule has 1 aromatic carbocycles. The van der Waals surface area contributed by atoms with Crippen LogP contribution in [0.1, 0.15) is 12.0 Å². The Kier molecular flexibility index (Phi) is 4.45. The summed E-state index contributed by atoms with van der Waals surface area (Å²) in [7, 11) is 0. The molecule has 11 heavy (non-hydrogen) atoms. The first-order chi connectivity index (χ1) is 5.33. The van der Waals surface area contributed by atoms with E-state index in [0.717, 1.165) is 5.33 Å². The molecule has 0 saturated carbocycles. The van der Waals surface area contributed by atoms with E-state index in [1.54, 1.807) is 0 Å². The van der Waals surface area contributed by atoms with Crippen LogP contribution in [0.5, 0.6) is 0 Å². The molecule has 0 aliphatic carbocycles. The lowest BCUT2D eigenvalue weighted by atomic mass is 10.1. The number of aryl methyl sites for hydroxylation is 1. The molecular formula is C9H10BrI. The maximum Gasteiger partial charge on any atom is 0.0133 e. The average Bonchev–Trinajstić information content (AvgIpc) is 2.01. The van der Waals surface area contributed by atoms with Gasteiger partial charge in [0.15, 0.2) is 0 Å². The highest BCUT2D eigenvalue weighted by Gasteiger charge is 1.92. The zero-order valence-electron chi connectivity index (χ0n) is 6.19. The van der Waals surface area contributed by atoms with E-state index in [0.29, 0.717) is 0 Å². The maximum absolute atomic E-state index is 3.42. The van der Waals surface area contributed by atoms with Gasteiger partial charge in [0.25, 0.3) is 0 Å². The number of benzene rings is 1. The fraction of sp³-hybridized carbons (Fsp3) is 0.333. The van der Waals surface area contributed by atoms with Crippen LogP contribution >= 0.6 is 38.5 Å². The van der Waals surface area contributed by atoms with Crippen LogP contribution in [0, 0.1) is 3.57 Å². The van der Waals surface area contributed by atoms with Gasteiger partial charge in [-0.2, -0.15) is 0 Å². The van der Waals surface area contributed by atoms with Crippen molar-refractivity contribution in [3.8, 4) is 0 Å². The molecule has 1 rings (SSSR count). The van der Waals surface area contributed by atoms with Crippen molar-refractivity contribution in [2.45, 2.75) is 12.8 Å². The summed E-state index contributed by atoms with van der Waals surface area (Å²) in [5.74, 6) is 0. The highest BCUT2D eigenvalue weighted by atomic mass is 127. The third kappa shape index (κ3) is 3.56. The van der Waals surface area contributed by atoms with Crippen LogP contribution in [-0.4, -0.2) is 5.33 Å². The molecule has 0 aromatic heterocycles. The minimum Gasteiger partial charge on any atom is -0.0928 e. The number of hydrogen-bond acceptors (Lipinski definition) is 0. The van der Waals surface area contributed by atoms with Gasteiger partial charge < -0.3 is 0 Å². The lowest BCUT2D eigenvalue weighted by Crippen LogP contribution is -1.85. The van der Waals surface area contributed by atoms with Gasteiger partial charge in [0.05, 0.1) is 0 Å². The minimum absolute atomic E-state index is 1.10. The molecule has 0 radical (unpaired) electrons. The quantitative estimate of drug-likeness (QED) is 0.588. The second kappa shape index (κ2) is 5.14. The van der Waals surface area contributed by atoms with Gasteiger partial charge in [-0.05, 0) is 53.1 Å². The molecule has 0 atom stereocenters. The fourth-order valence-electron chi connectivity index (χ4n) is 0.963. The van der Waals surface area contributed by atoms with Gasteiger partial charge in [0, 0.05) is 8.90 Å². The van der Waals surface area contributed by atoms with Gasteiger partial charge in [-0.15, -0.1) is 0 Å². The summed E-state index contributed by atoms with van der Waals surface area (Å²) >= 11 is 5.77. The Bertz CT molecular complexity index is 223. The molecule has 0 saturated heterocycles. The van der Waals surface area contributed by atoms with E-state index in [-0.39, 0.29) is 0 Å². The van der Waals surface area contributed by atoms with Crippen LogP contribution in [0.4, 0.5) is 0 Å². The first-order valence-corrected chi connectivity index (χ1v) is 5.83. The molecule has 0 aliphatic heterocycles. The van der Waals surface area contributed by atoms with Crippen molar-refractivity contribution in [2.75, 3.05) is 5.33 Å². The molecule has 0 nitrogen and oxygen atoms in total. The van der Waals surface area contributed by atoms with Crippen molar-refractivity contribution in [1.82, 2.24) is 0 Å². The van der Waals surface area contributed by atoms with Crippen LogP contribution < -0.4 is 0 Å². The van der Waals surface area contributed by atoms with Gasteiger partial charge in [0.2, 0.25) is 0 Å². The summed E-state index contributed by atoms with van der Waals surface area (Å²) in [6.07, 6.45) is 2.40. The van der Waals surface area contributed by atoms with Crippen LogP contribution in [0.3, 0.4) is 0 Å². The smallest absolute Gasteiger partial charge is 0.0133 e. The lowest BCUT2D eigenvalue weighted by Gasteiger charge is -1.98. The highest BCUT2D eigenvalue weighted by molar-refractivity contribution is 14.1.